The molecule has 1 saturated heterocycles. The molecule has 1 aliphatic rings. The molecule has 1 aliphatic heterocycles. The largest absolute Gasteiger partial charge is 0.461 e. The van der Waals surface area contributed by atoms with Gasteiger partial charge in [-0.3, -0.25) is 4.79 Å². The maximum Gasteiger partial charge on any atom is 0.306 e. The van der Waals surface area contributed by atoms with Gasteiger partial charge in [0.15, 0.2) is 0 Å². The quantitative estimate of drug-likeness (QED) is 0.664. The number of ether oxygens (including phenoxy) is 1. The zero-order chi connectivity index (χ0) is 17.6. The van der Waals surface area contributed by atoms with E-state index in [0.717, 1.165) is 37.2 Å². The average molecular weight is 342 g/mol. The molecular formula is C20H23FN2O2. The van der Waals surface area contributed by atoms with E-state index in [4.69, 9.17) is 10.5 Å². The van der Waals surface area contributed by atoms with Gasteiger partial charge in [-0.05, 0) is 42.5 Å². The Labute approximate surface area is 147 Å². The molecule has 0 saturated carbocycles. The van der Waals surface area contributed by atoms with Crippen molar-refractivity contribution < 1.29 is 13.9 Å². The second kappa shape index (κ2) is 8.01. The summed E-state index contributed by atoms with van der Waals surface area (Å²) in [4.78, 5) is 14.2. The van der Waals surface area contributed by atoms with Crippen molar-refractivity contribution in [3.63, 3.8) is 0 Å². The number of piperidine rings is 1. The molecule has 3 rings (SSSR count). The molecule has 132 valence electrons. The molecule has 5 heteroatoms. The van der Waals surface area contributed by atoms with Crippen LogP contribution in [0.25, 0.3) is 0 Å². The van der Waals surface area contributed by atoms with E-state index in [2.05, 4.69) is 4.90 Å². The fraction of sp³-hybridized carbons (Fsp3) is 0.350. The van der Waals surface area contributed by atoms with Crippen molar-refractivity contribution in [2.45, 2.75) is 25.9 Å². The van der Waals surface area contributed by atoms with Gasteiger partial charge in [0.25, 0.3) is 0 Å². The number of nitrogens with zero attached hydrogens (tertiary/aromatic N) is 1. The molecule has 1 fully saturated rings. The summed E-state index contributed by atoms with van der Waals surface area (Å²) in [6, 6.07) is 14.6. The minimum absolute atomic E-state index is 0.152. The van der Waals surface area contributed by atoms with Crippen molar-refractivity contribution in [3.8, 4) is 0 Å². The van der Waals surface area contributed by atoms with Gasteiger partial charge < -0.3 is 15.4 Å². The van der Waals surface area contributed by atoms with Crippen LogP contribution in [0.5, 0.6) is 0 Å². The third kappa shape index (κ3) is 4.72. The van der Waals surface area contributed by atoms with Crippen molar-refractivity contribution in [3.05, 3.63) is 59.9 Å². The molecule has 0 atom stereocenters. The third-order valence-corrected chi connectivity index (χ3v) is 4.66. The molecule has 0 aliphatic carbocycles. The minimum Gasteiger partial charge on any atom is -0.461 e. The van der Waals surface area contributed by atoms with Gasteiger partial charge in [-0.25, -0.2) is 4.39 Å². The van der Waals surface area contributed by atoms with Gasteiger partial charge in [-0.15, -0.1) is 0 Å². The Morgan fingerprint density at radius 3 is 2.56 bits per heavy atom. The third-order valence-electron chi connectivity index (χ3n) is 4.66. The normalized spacial score (nSPS) is 15.2. The maximum absolute atomic E-state index is 13.6. The number of nitrogens with two attached hydrogens (primary N) is 1. The Morgan fingerprint density at radius 1 is 1.16 bits per heavy atom. The van der Waals surface area contributed by atoms with E-state index in [1.165, 1.54) is 6.07 Å². The van der Waals surface area contributed by atoms with Crippen LogP contribution < -0.4 is 10.6 Å². The number of esters is 1. The SMILES string of the molecule is Nc1ccc(N2CCC(CC(=O)OCc3ccccc3)CC2)cc1F. The van der Waals surface area contributed by atoms with E-state index < -0.39 is 0 Å². The van der Waals surface area contributed by atoms with Crippen LogP contribution in [0.15, 0.2) is 48.5 Å². The first-order valence-electron chi connectivity index (χ1n) is 8.61. The lowest BCUT2D eigenvalue weighted by atomic mass is 9.93. The predicted octanol–water partition coefficient (Wildman–Crippen LogP) is 3.76. The molecule has 0 aromatic heterocycles. The topological polar surface area (TPSA) is 55.6 Å². The van der Waals surface area contributed by atoms with E-state index in [1.807, 2.05) is 36.4 Å². The molecule has 4 nitrogen and oxygen atoms in total. The van der Waals surface area contributed by atoms with Crippen LogP contribution in [-0.2, 0) is 16.1 Å². The number of rotatable bonds is 5. The predicted molar refractivity (Wildman–Crippen MR) is 96.6 cm³/mol. The first-order chi connectivity index (χ1) is 12.1. The minimum atomic E-state index is -0.385. The Balaban J connectivity index is 1.44. The average Bonchev–Trinajstić information content (AvgIpc) is 2.64. The van der Waals surface area contributed by atoms with Crippen molar-refractivity contribution in [2.24, 2.45) is 5.92 Å². The zero-order valence-corrected chi connectivity index (χ0v) is 14.2. The Morgan fingerprint density at radius 2 is 1.88 bits per heavy atom. The van der Waals surface area contributed by atoms with Crippen molar-refractivity contribution in [1.29, 1.82) is 0 Å². The molecule has 2 aromatic carbocycles. The van der Waals surface area contributed by atoms with Gasteiger partial charge in [0.05, 0.1) is 5.69 Å². The van der Waals surface area contributed by atoms with Crippen LogP contribution >= 0.6 is 0 Å². The van der Waals surface area contributed by atoms with E-state index in [-0.39, 0.29) is 17.5 Å². The smallest absolute Gasteiger partial charge is 0.306 e. The van der Waals surface area contributed by atoms with Crippen LogP contribution in [-0.4, -0.2) is 19.1 Å². The lowest BCUT2D eigenvalue weighted by Crippen LogP contribution is -2.34. The second-order valence-corrected chi connectivity index (χ2v) is 6.49. The summed E-state index contributed by atoms with van der Waals surface area (Å²) >= 11 is 0. The van der Waals surface area contributed by atoms with Crippen molar-refractivity contribution >= 4 is 17.3 Å². The molecule has 0 radical (unpaired) electrons. The van der Waals surface area contributed by atoms with Crippen LogP contribution in [0, 0.1) is 11.7 Å². The first-order valence-corrected chi connectivity index (χ1v) is 8.61. The Bertz CT molecular complexity index is 713. The molecule has 0 unspecified atom stereocenters. The highest BCUT2D eigenvalue weighted by Gasteiger charge is 2.22. The van der Waals surface area contributed by atoms with Crippen molar-refractivity contribution in [1.82, 2.24) is 0 Å². The summed E-state index contributed by atoms with van der Waals surface area (Å²) in [7, 11) is 0. The number of hydrogen-bond donors (Lipinski definition) is 1. The molecule has 0 amide bonds. The summed E-state index contributed by atoms with van der Waals surface area (Å²) in [5, 5.41) is 0. The van der Waals surface area contributed by atoms with Crippen LogP contribution in [0.2, 0.25) is 0 Å². The molecule has 25 heavy (non-hydrogen) atoms. The first kappa shape index (κ1) is 17.3. The molecule has 0 spiro atoms. The molecule has 1 heterocycles. The van der Waals surface area contributed by atoms with Gasteiger partial charge in [-0.1, -0.05) is 30.3 Å². The fourth-order valence-corrected chi connectivity index (χ4v) is 3.14. The van der Waals surface area contributed by atoms with E-state index in [9.17, 15) is 9.18 Å². The van der Waals surface area contributed by atoms with E-state index >= 15 is 0 Å². The van der Waals surface area contributed by atoms with Gasteiger partial charge in [0.1, 0.15) is 12.4 Å². The van der Waals surface area contributed by atoms with E-state index in [0.29, 0.717) is 18.9 Å². The van der Waals surface area contributed by atoms with Gasteiger partial charge in [0, 0.05) is 25.2 Å². The zero-order valence-electron chi connectivity index (χ0n) is 14.2. The summed E-state index contributed by atoms with van der Waals surface area (Å²) in [6.45, 7) is 1.93. The highest BCUT2D eigenvalue weighted by Crippen LogP contribution is 2.27. The number of nitrogen functional groups attached to an aromatic ring is 1. The standard InChI is InChI=1S/C20H23FN2O2/c21-18-13-17(6-7-19(18)22)23-10-8-15(9-11-23)12-20(24)25-14-16-4-2-1-3-5-16/h1-7,13,15H,8-12,14,22H2. The van der Waals surface area contributed by atoms with Gasteiger partial charge >= 0.3 is 5.97 Å². The van der Waals surface area contributed by atoms with Crippen LogP contribution in [0.1, 0.15) is 24.8 Å². The second-order valence-electron chi connectivity index (χ2n) is 6.49. The summed E-state index contributed by atoms with van der Waals surface area (Å²) in [5.41, 5.74) is 7.53. The lowest BCUT2D eigenvalue weighted by Gasteiger charge is -2.33. The summed E-state index contributed by atoms with van der Waals surface area (Å²) in [5.74, 6) is -0.219. The monoisotopic (exact) mass is 342 g/mol. The number of carbonyl (C=O) groups excluding carboxylic acids is 1. The highest BCUT2D eigenvalue weighted by molar-refractivity contribution is 5.69. The van der Waals surface area contributed by atoms with E-state index in [1.54, 1.807) is 6.07 Å². The maximum atomic E-state index is 13.6. The highest BCUT2D eigenvalue weighted by atomic mass is 19.1. The number of halogens is 1. The molecule has 2 N–H and O–H groups in total. The van der Waals surface area contributed by atoms with Crippen molar-refractivity contribution in [2.75, 3.05) is 23.7 Å². The lowest BCUT2D eigenvalue weighted by molar-refractivity contribution is -0.146. The molecular weight excluding hydrogens is 319 g/mol. The fourth-order valence-electron chi connectivity index (χ4n) is 3.14. The van der Waals surface area contributed by atoms with Gasteiger partial charge in [-0.2, -0.15) is 0 Å². The number of benzene rings is 2. The number of hydrogen-bond acceptors (Lipinski definition) is 4. The summed E-state index contributed by atoms with van der Waals surface area (Å²) in [6.07, 6.45) is 2.23. The molecule has 0 bridgehead atoms. The molecule has 2 aromatic rings. The number of anilines is 2. The van der Waals surface area contributed by atoms with Crippen LogP contribution in [0.4, 0.5) is 15.8 Å². The number of carbonyl (C=O) groups is 1. The van der Waals surface area contributed by atoms with Crippen LogP contribution in [0.3, 0.4) is 0 Å². The summed E-state index contributed by atoms with van der Waals surface area (Å²) < 4.78 is 18.9. The van der Waals surface area contributed by atoms with Gasteiger partial charge in [0.2, 0.25) is 0 Å². The Hall–Kier alpha value is -2.56. The Kier molecular flexibility index (Phi) is 5.53.